The minimum atomic E-state index is -4.62. The second kappa shape index (κ2) is 8.22. The van der Waals surface area contributed by atoms with E-state index in [4.69, 9.17) is 9.47 Å². The van der Waals surface area contributed by atoms with Crippen molar-refractivity contribution in [1.82, 2.24) is 24.5 Å². The van der Waals surface area contributed by atoms with Gasteiger partial charge >= 0.3 is 6.18 Å². The van der Waals surface area contributed by atoms with Crippen molar-refractivity contribution in [3.63, 3.8) is 0 Å². The molecule has 0 bridgehead atoms. The van der Waals surface area contributed by atoms with Gasteiger partial charge in [0.2, 0.25) is 0 Å². The third-order valence-electron chi connectivity index (χ3n) is 5.25. The van der Waals surface area contributed by atoms with Crippen molar-refractivity contribution in [2.75, 3.05) is 45.3 Å². The van der Waals surface area contributed by atoms with Crippen LogP contribution in [0, 0.1) is 6.92 Å². The molecule has 4 rings (SSSR count). The first-order chi connectivity index (χ1) is 14.8. The summed E-state index contributed by atoms with van der Waals surface area (Å²) in [7, 11) is 3.25. The fraction of sp³-hybridized carbons (Fsp3) is 0.450. The Morgan fingerprint density at radius 2 is 1.74 bits per heavy atom. The molecule has 1 saturated heterocycles. The lowest BCUT2D eigenvalue weighted by atomic mass is 10.1. The Balaban J connectivity index is 1.52. The second-order valence-corrected chi connectivity index (χ2v) is 7.34. The molecule has 0 aliphatic carbocycles. The third kappa shape index (κ3) is 4.36. The lowest BCUT2D eigenvalue weighted by Crippen LogP contribution is -2.46. The van der Waals surface area contributed by atoms with Crippen LogP contribution in [0.25, 0.3) is 5.78 Å². The molecule has 0 atom stereocenters. The van der Waals surface area contributed by atoms with Gasteiger partial charge in [-0.25, -0.2) is 4.98 Å². The van der Waals surface area contributed by atoms with Crippen molar-refractivity contribution in [2.24, 2.45) is 0 Å². The van der Waals surface area contributed by atoms with E-state index in [1.54, 1.807) is 27.2 Å². The number of alkyl halides is 3. The molecule has 0 amide bonds. The van der Waals surface area contributed by atoms with Gasteiger partial charge in [-0.3, -0.25) is 4.90 Å². The van der Waals surface area contributed by atoms with Gasteiger partial charge in [-0.05, 0) is 25.1 Å². The first kappa shape index (κ1) is 21.2. The lowest BCUT2D eigenvalue weighted by Gasteiger charge is -2.36. The highest BCUT2D eigenvalue weighted by Crippen LogP contribution is 2.29. The predicted molar refractivity (Wildman–Crippen MR) is 108 cm³/mol. The van der Waals surface area contributed by atoms with Gasteiger partial charge in [0.15, 0.2) is 0 Å². The maximum absolute atomic E-state index is 13.1. The van der Waals surface area contributed by atoms with Gasteiger partial charge in [0.05, 0.1) is 14.2 Å². The van der Waals surface area contributed by atoms with E-state index in [0.717, 1.165) is 30.2 Å². The number of aryl methyl sites for hydroxylation is 1. The van der Waals surface area contributed by atoms with Crippen molar-refractivity contribution in [3.05, 3.63) is 41.3 Å². The van der Waals surface area contributed by atoms with Crippen LogP contribution in [0.2, 0.25) is 0 Å². The van der Waals surface area contributed by atoms with Crippen molar-refractivity contribution in [3.8, 4) is 11.5 Å². The Morgan fingerprint density at radius 1 is 1.00 bits per heavy atom. The van der Waals surface area contributed by atoms with Crippen molar-refractivity contribution in [1.29, 1.82) is 0 Å². The van der Waals surface area contributed by atoms with Gasteiger partial charge in [0.25, 0.3) is 11.6 Å². The maximum atomic E-state index is 13.1. The highest BCUT2D eigenvalue weighted by Gasteiger charge is 2.37. The third-order valence-corrected chi connectivity index (χ3v) is 5.25. The summed E-state index contributed by atoms with van der Waals surface area (Å²) in [4.78, 5) is 11.9. The van der Waals surface area contributed by atoms with Gasteiger partial charge in [-0.15, -0.1) is 5.10 Å². The van der Waals surface area contributed by atoms with Crippen LogP contribution >= 0.6 is 0 Å². The summed E-state index contributed by atoms with van der Waals surface area (Å²) < 4.78 is 51.2. The zero-order valence-electron chi connectivity index (χ0n) is 17.5. The van der Waals surface area contributed by atoms with E-state index in [2.05, 4.69) is 20.0 Å². The molecule has 31 heavy (non-hydrogen) atoms. The van der Waals surface area contributed by atoms with Gasteiger partial charge in [-0.2, -0.15) is 22.7 Å². The molecule has 0 radical (unpaired) electrons. The number of rotatable bonds is 5. The first-order valence-corrected chi connectivity index (χ1v) is 9.78. The molecule has 1 aromatic carbocycles. The number of aromatic nitrogens is 4. The summed E-state index contributed by atoms with van der Waals surface area (Å²) in [5, 5.41) is 3.66. The minimum Gasteiger partial charge on any atom is -0.497 e. The maximum Gasteiger partial charge on any atom is 0.453 e. The number of fused-ring (bicyclic) bond motifs is 1. The molecule has 0 N–H and O–H groups in total. The molecular weight excluding hydrogens is 413 g/mol. The fourth-order valence-electron chi connectivity index (χ4n) is 3.69. The van der Waals surface area contributed by atoms with E-state index in [0.29, 0.717) is 31.1 Å². The molecule has 0 unspecified atom stereocenters. The van der Waals surface area contributed by atoms with E-state index < -0.39 is 12.0 Å². The van der Waals surface area contributed by atoms with Crippen LogP contribution in [0.5, 0.6) is 11.5 Å². The standard InChI is InChI=1S/C20H23F3N6O2/c1-13-10-17(29-19(24-13)25-18(26-29)20(21,22)23)28-8-6-27(7-9-28)12-14-11-15(30-2)4-5-16(14)31-3/h4-5,10-11H,6-9,12H2,1-3H3. The lowest BCUT2D eigenvalue weighted by molar-refractivity contribution is -0.144. The largest absolute Gasteiger partial charge is 0.497 e. The Hall–Kier alpha value is -3.08. The molecule has 2 aromatic heterocycles. The quantitative estimate of drug-likeness (QED) is 0.609. The Bertz CT molecular complexity index is 1080. The van der Waals surface area contributed by atoms with Gasteiger partial charge in [-0.1, -0.05) is 0 Å². The second-order valence-electron chi connectivity index (χ2n) is 7.34. The zero-order valence-corrected chi connectivity index (χ0v) is 17.5. The van der Waals surface area contributed by atoms with Crippen LogP contribution in [0.3, 0.4) is 0 Å². The van der Waals surface area contributed by atoms with Gasteiger partial charge in [0, 0.05) is 50.0 Å². The predicted octanol–water partition coefficient (Wildman–Crippen LogP) is 2.79. The summed E-state index contributed by atoms with van der Waals surface area (Å²) in [6.07, 6.45) is -4.62. The number of benzene rings is 1. The van der Waals surface area contributed by atoms with E-state index in [-0.39, 0.29) is 5.78 Å². The number of hydrogen-bond acceptors (Lipinski definition) is 7. The average Bonchev–Trinajstić information content (AvgIpc) is 3.18. The molecule has 11 heteroatoms. The molecule has 1 aliphatic heterocycles. The number of halogens is 3. The molecule has 1 fully saturated rings. The SMILES string of the molecule is COc1ccc(OC)c(CN2CCN(c3cc(C)nc4nc(C(F)(F)F)nn34)CC2)c1. The molecule has 0 saturated carbocycles. The topological polar surface area (TPSA) is 68.0 Å². The summed E-state index contributed by atoms with van der Waals surface area (Å²) >= 11 is 0. The van der Waals surface area contributed by atoms with E-state index in [9.17, 15) is 13.2 Å². The average molecular weight is 436 g/mol. The zero-order chi connectivity index (χ0) is 22.2. The van der Waals surface area contributed by atoms with Crippen LogP contribution in [0.1, 0.15) is 17.1 Å². The number of hydrogen-bond donors (Lipinski definition) is 0. The Kier molecular flexibility index (Phi) is 5.61. The molecule has 3 heterocycles. The first-order valence-electron chi connectivity index (χ1n) is 9.78. The van der Waals surface area contributed by atoms with Crippen molar-refractivity contribution in [2.45, 2.75) is 19.6 Å². The van der Waals surface area contributed by atoms with E-state index >= 15 is 0 Å². The van der Waals surface area contributed by atoms with Crippen LogP contribution in [0.15, 0.2) is 24.3 Å². The van der Waals surface area contributed by atoms with E-state index in [1.165, 1.54) is 4.52 Å². The van der Waals surface area contributed by atoms with Crippen molar-refractivity contribution < 1.29 is 22.6 Å². The Morgan fingerprint density at radius 3 is 2.39 bits per heavy atom. The normalized spacial score (nSPS) is 15.5. The van der Waals surface area contributed by atoms with Crippen molar-refractivity contribution >= 4 is 11.6 Å². The molecule has 0 spiro atoms. The van der Waals surface area contributed by atoms with Crippen LogP contribution in [-0.2, 0) is 12.7 Å². The minimum absolute atomic E-state index is 0.0501. The highest BCUT2D eigenvalue weighted by atomic mass is 19.4. The number of ether oxygens (including phenoxy) is 2. The number of anilines is 1. The summed E-state index contributed by atoms with van der Waals surface area (Å²) in [6.45, 7) is 5.13. The Labute approximate surface area is 177 Å². The molecule has 8 nitrogen and oxygen atoms in total. The molecule has 3 aromatic rings. The number of nitrogens with zero attached hydrogens (tertiary/aromatic N) is 6. The van der Waals surface area contributed by atoms with Crippen LogP contribution < -0.4 is 14.4 Å². The summed E-state index contributed by atoms with van der Waals surface area (Å²) in [5.41, 5.74) is 1.61. The van der Waals surface area contributed by atoms with Gasteiger partial charge < -0.3 is 14.4 Å². The van der Waals surface area contributed by atoms with Gasteiger partial charge in [0.1, 0.15) is 17.3 Å². The summed E-state index contributed by atoms with van der Waals surface area (Å²) in [5.74, 6) is 0.873. The number of methoxy groups -OCH3 is 2. The summed E-state index contributed by atoms with van der Waals surface area (Å²) in [6, 6.07) is 7.42. The van der Waals surface area contributed by atoms with E-state index in [1.807, 2.05) is 23.1 Å². The monoisotopic (exact) mass is 436 g/mol. The number of piperazine rings is 1. The molecule has 166 valence electrons. The van der Waals surface area contributed by atoms with Crippen LogP contribution in [-0.4, -0.2) is 64.9 Å². The molecular formula is C20H23F3N6O2. The highest BCUT2D eigenvalue weighted by molar-refractivity contribution is 5.48. The van der Waals surface area contributed by atoms with Crippen LogP contribution in [0.4, 0.5) is 19.0 Å². The smallest absolute Gasteiger partial charge is 0.453 e. The molecule has 1 aliphatic rings. The fourth-order valence-corrected chi connectivity index (χ4v) is 3.69.